The second-order valence-electron chi connectivity index (χ2n) is 7.32. The van der Waals surface area contributed by atoms with Gasteiger partial charge in [0.2, 0.25) is 0 Å². The Bertz CT molecular complexity index is 725. The Kier molecular flexibility index (Phi) is 8.63. The molecule has 0 unspecified atom stereocenters. The Hall–Kier alpha value is -0.900. The van der Waals surface area contributed by atoms with E-state index in [1.165, 1.54) is 84.4 Å². The van der Waals surface area contributed by atoms with E-state index in [0.29, 0.717) is 0 Å². The number of hydrogen-bond acceptors (Lipinski definition) is 3. The lowest BCUT2D eigenvalue weighted by molar-refractivity contribution is 0.670. The van der Waals surface area contributed by atoms with E-state index in [1.807, 2.05) is 34.0 Å². The van der Waals surface area contributed by atoms with Crippen LogP contribution in [0.2, 0.25) is 0 Å². The number of thiophene rings is 3. The quantitative estimate of drug-likeness (QED) is 0.258. The Balaban J connectivity index is 1.64. The zero-order chi connectivity index (χ0) is 18.9. The SMILES string of the molecule is CCCCCCc1ccc(-c2ccsc2-c2ccc(CCCCCC)s2)s1. The minimum atomic E-state index is 1.24. The van der Waals surface area contributed by atoms with Crippen molar-refractivity contribution in [1.29, 1.82) is 0 Å². The van der Waals surface area contributed by atoms with Crippen LogP contribution in [0.15, 0.2) is 35.7 Å². The van der Waals surface area contributed by atoms with Crippen LogP contribution in [0.1, 0.15) is 75.0 Å². The number of rotatable bonds is 12. The van der Waals surface area contributed by atoms with Crippen LogP contribution in [-0.4, -0.2) is 0 Å². The highest BCUT2D eigenvalue weighted by atomic mass is 32.1. The van der Waals surface area contributed by atoms with Gasteiger partial charge in [-0.3, -0.25) is 0 Å². The van der Waals surface area contributed by atoms with E-state index >= 15 is 0 Å². The van der Waals surface area contributed by atoms with Crippen molar-refractivity contribution in [2.45, 2.75) is 78.1 Å². The smallest absolute Gasteiger partial charge is 0.0529 e. The Morgan fingerprint density at radius 2 is 1.22 bits per heavy atom. The molecular formula is C24H32S3. The zero-order valence-corrected chi connectivity index (χ0v) is 19.2. The summed E-state index contributed by atoms with van der Waals surface area (Å²) < 4.78 is 0. The standard InChI is InChI=1S/C24H32S3/c1-3-5-7-9-11-19-13-15-22(26-19)21-17-18-25-24(21)23-16-14-20(27-23)12-10-8-6-4-2/h13-18H,3-12H2,1-2H3. The molecule has 0 spiro atoms. The van der Waals surface area contributed by atoms with Crippen molar-refractivity contribution in [3.8, 4) is 20.2 Å². The fourth-order valence-corrected chi connectivity index (χ4v) is 6.69. The van der Waals surface area contributed by atoms with Gasteiger partial charge in [0.05, 0.1) is 4.88 Å². The lowest BCUT2D eigenvalue weighted by Crippen LogP contribution is -1.80. The molecule has 0 radical (unpaired) electrons. The molecule has 0 N–H and O–H groups in total. The zero-order valence-electron chi connectivity index (χ0n) is 16.8. The summed E-state index contributed by atoms with van der Waals surface area (Å²) >= 11 is 5.89. The van der Waals surface area contributed by atoms with Crippen molar-refractivity contribution in [1.82, 2.24) is 0 Å². The summed E-state index contributed by atoms with van der Waals surface area (Å²) in [5, 5.41) is 2.26. The van der Waals surface area contributed by atoms with Crippen molar-refractivity contribution in [3.05, 3.63) is 45.5 Å². The van der Waals surface area contributed by atoms with Crippen molar-refractivity contribution in [2.24, 2.45) is 0 Å². The van der Waals surface area contributed by atoms with Gasteiger partial charge in [-0.25, -0.2) is 0 Å². The normalized spacial score (nSPS) is 11.3. The van der Waals surface area contributed by atoms with Crippen LogP contribution in [0, 0.1) is 0 Å². The first-order valence-corrected chi connectivity index (χ1v) is 13.1. The third kappa shape index (κ3) is 6.04. The lowest BCUT2D eigenvalue weighted by Gasteiger charge is -2.00. The highest BCUT2D eigenvalue weighted by Crippen LogP contribution is 2.42. The van der Waals surface area contributed by atoms with Crippen LogP contribution in [-0.2, 0) is 12.8 Å². The van der Waals surface area contributed by atoms with Crippen LogP contribution in [0.3, 0.4) is 0 Å². The Labute approximate surface area is 177 Å². The topological polar surface area (TPSA) is 0 Å². The Morgan fingerprint density at radius 1 is 0.630 bits per heavy atom. The summed E-state index contributed by atoms with van der Waals surface area (Å²) in [6, 6.07) is 11.7. The molecule has 3 rings (SSSR count). The van der Waals surface area contributed by atoms with Crippen molar-refractivity contribution in [3.63, 3.8) is 0 Å². The maximum Gasteiger partial charge on any atom is 0.0529 e. The maximum atomic E-state index is 2.35. The molecule has 0 amide bonds. The third-order valence-corrected chi connectivity index (χ3v) is 8.45. The molecule has 0 bridgehead atoms. The molecule has 3 heteroatoms. The van der Waals surface area contributed by atoms with Gasteiger partial charge in [0, 0.05) is 25.1 Å². The van der Waals surface area contributed by atoms with E-state index in [4.69, 9.17) is 0 Å². The van der Waals surface area contributed by atoms with Gasteiger partial charge in [-0.2, -0.15) is 0 Å². The average molecular weight is 417 g/mol. The molecule has 0 nitrogen and oxygen atoms in total. The predicted octanol–water partition coefficient (Wildman–Crippen LogP) is 9.45. The summed E-state index contributed by atoms with van der Waals surface area (Å²) in [6.45, 7) is 4.56. The molecule has 0 aliphatic heterocycles. The summed E-state index contributed by atoms with van der Waals surface area (Å²) in [5.41, 5.74) is 1.43. The van der Waals surface area contributed by atoms with E-state index < -0.39 is 0 Å². The fourth-order valence-electron chi connectivity index (χ4n) is 3.44. The van der Waals surface area contributed by atoms with Crippen molar-refractivity contribution in [2.75, 3.05) is 0 Å². The molecule has 0 saturated carbocycles. The minimum Gasteiger partial charge on any atom is -0.142 e. The van der Waals surface area contributed by atoms with Gasteiger partial charge in [0.15, 0.2) is 0 Å². The van der Waals surface area contributed by atoms with Gasteiger partial charge in [0.25, 0.3) is 0 Å². The molecule has 0 aliphatic rings. The average Bonchev–Trinajstić information content (AvgIpc) is 3.42. The third-order valence-electron chi connectivity index (χ3n) is 5.03. The van der Waals surface area contributed by atoms with Crippen LogP contribution in [0.5, 0.6) is 0 Å². The molecule has 0 fully saturated rings. The molecule has 0 atom stereocenters. The van der Waals surface area contributed by atoms with Crippen LogP contribution in [0.25, 0.3) is 20.2 Å². The van der Waals surface area contributed by atoms with Crippen molar-refractivity contribution < 1.29 is 0 Å². The van der Waals surface area contributed by atoms with Gasteiger partial charge in [-0.15, -0.1) is 34.0 Å². The highest BCUT2D eigenvalue weighted by molar-refractivity contribution is 7.22. The summed E-state index contributed by atoms with van der Waals surface area (Å²) in [7, 11) is 0. The van der Waals surface area contributed by atoms with Crippen LogP contribution >= 0.6 is 34.0 Å². The first-order valence-electron chi connectivity index (χ1n) is 10.6. The highest BCUT2D eigenvalue weighted by Gasteiger charge is 2.13. The summed E-state index contributed by atoms with van der Waals surface area (Å²) in [5.74, 6) is 0. The number of unbranched alkanes of at least 4 members (excludes halogenated alkanes) is 6. The largest absolute Gasteiger partial charge is 0.142 e. The van der Waals surface area contributed by atoms with Gasteiger partial charge in [0.1, 0.15) is 0 Å². The molecule has 0 saturated heterocycles. The van der Waals surface area contributed by atoms with E-state index in [-0.39, 0.29) is 0 Å². The van der Waals surface area contributed by atoms with E-state index in [1.54, 1.807) is 9.75 Å². The van der Waals surface area contributed by atoms with Gasteiger partial charge in [-0.05, 0) is 61.4 Å². The molecule has 146 valence electrons. The molecule has 0 aromatic carbocycles. The van der Waals surface area contributed by atoms with Crippen LogP contribution < -0.4 is 0 Å². The van der Waals surface area contributed by atoms with Gasteiger partial charge < -0.3 is 0 Å². The molecule has 27 heavy (non-hydrogen) atoms. The monoisotopic (exact) mass is 416 g/mol. The minimum absolute atomic E-state index is 1.24. The number of aryl methyl sites for hydroxylation is 2. The van der Waals surface area contributed by atoms with Crippen molar-refractivity contribution >= 4 is 34.0 Å². The molecule has 3 aromatic heterocycles. The number of hydrogen-bond donors (Lipinski definition) is 0. The molecule has 0 aliphatic carbocycles. The van der Waals surface area contributed by atoms with E-state index in [9.17, 15) is 0 Å². The summed E-state index contributed by atoms with van der Waals surface area (Å²) in [4.78, 5) is 7.43. The maximum absolute atomic E-state index is 2.35. The predicted molar refractivity (Wildman–Crippen MR) is 127 cm³/mol. The van der Waals surface area contributed by atoms with Crippen LogP contribution in [0.4, 0.5) is 0 Å². The molecular weight excluding hydrogens is 384 g/mol. The van der Waals surface area contributed by atoms with E-state index in [2.05, 4.69) is 49.6 Å². The molecule has 3 heterocycles. The van der Waals surface area contributed by atoms with Gasteiger partial charge in [-0.1, -0.05) is 52.4 Å². The lowest BCUT2D eigenvalue weighted by atomic mass is 10.1. The second kappa shape index (κ2) is 11.2. The Morgan fingerprint density at radius 3 is 1.85 bits per heavy atom. The first kappa shape index (κ1) is 20.8. The van der Waals surface area contributed by atoms with Gasteiger partial charge >= 0.3 is 0 Å². The first-order chi connectivity index (χ1) is 13.3. The second-order valence-corrected chi connectivity index (χ2v) is 10.6. The molecule has 3 aromatic rings. The summed E-state index contributed by atoms with van der Waals surface area (Å²) in [6.07, 6.45) is 13.2. The van der Waals surface area contributed by atoms with E-state index in [0.717, 1.165) is 0 Å². The fraction of sp³-hybridized carbons (Fsp3) is 0.500.